The number of alkyl halides is 1. The van der Waals surface area contributed by atoms with Gasteiger partial charge in [-0.25, -0.2) is 26.3 Å². The average molecular weight is 442 g/mol. The Balaban J connectivity index is 1.74. The Labute approximate surface area is 175 Å². The van der Waals surface area contributed by atoms with E-state index in [4.69, 9.17) is 4.74 Å². The van der Waals surface area contributed by atoms with E-state index < -0.39 is 38.6 Å². The van der Waals surface area contributed by atoms with Gasteiger partial charge in [0.2, 0.25) is 10.0 Å². The van der Waals surface area contributed by atoms with Gasteiger partial charge < -0.3 is 4.74 Å². The zero-order valence-electron chi connectivity index (χ0n) is 17.0. The summed E-state index contributed by atoms with van der Waals surface area (Å²) in [5, 5.41) is -0.646. The van der Waals surface area contributed by atoms with E-state index in [9.17, 15) is 17.2 Å². The average Bonchev–Trinajstić information content (AvgIpc) is 2.68. The van der Waals surface area contributed by atoms with E-state index >= 15 is 4.39 Å². The van der Waals surface area contributed by atoms with Crippen molar-refractivity contribution >= 4 is 10.0 Å². The highest BCUT2D eigenvalue weighted by molar-refractivity contribution is 7.90. The summed E-state index contributed by atoms with van der Waals surface area (Å²) in [7, 11) is -3.61. The Morgan fingerprint density at radius 1 is 1.10 bits per heavy atom. The molecule has 2 aromatic rings. The first kappa shape index (κ1) is 22.6. The van der Waals surface area contributed by atoms with Gasteiger partial charge in [0, 0.05) is 6.07 Å². The quantitative estimate of drug-likeness (QED) is 0.659. The van der Waals surface area contributed by atoms with E-state index in [2.05, 4.69) is 4.72 Å². The number of sulfonamides is 1. The van der Waals surface area contributed by atoms with Crippen molar-refractivity contribution in [2.45, 2.75) is 63.1 Å². The summed E-state index contributed by atoms with van der Waals surface area (Å²) in [6, 6.07) is 8.62. The van der Waals surface area contributed by atoms with E-state index in [0.717, 1.165) is 12.5 Å². The number of ether oxygens (including phenoxy) is 1. The number of benzene rings is 2. The largest absolute Gasteiger partial charge is 0.489 e. The van der Waals surface area contributed by atoms with Gasteiger partial charge in [-0.3, -0.25) is 0 Å². The fourth-order valence-corrected chi connectivity index (χ4v) is 4.63. The summed E-state index contributed by atoms with van der Waals surface area (Å²) in [5.74, 6) is -0.951. The lowest BCUT2D eigenvalue weighted by molar-refractivity contribution is 0.0711. The van der Waals surface area contributed by atoms with Crippen molar-refractivity contribution in [3.8, 4) is 5.75 Å². The van der Waals surface area contributed by atoms with Crippen molar-refractivity contribution < 1.29 is 26.3 Å². The highest BCUT2D eigenvalue weighted by atomic mass is 32.2. The zero-order valence-corrected chi connectivity index (χ0v) is 17.8. The molecule has 1 saturated carbocycles. The van der Waals surface area contributed by atoms with Crippen LogP contribution in [0.5, 0.6) is 5.75 Å². The van der Waals surface area contributed by atoms with Crippen molar-refractivity contribution in [2.24, 2.45) is 0 Å². The van der Waals surface area contributed by atoms with Crippen molar-refractivity contribution in [3.63, 3.8) is 0 Å². The smallest absolute Gasteiger partial charge is 0.214 e. The van der Waals surface area contributed by atoms with Gasteiger partial charge in [0.05, 0.1) is 11.3 Å². The van der Waals surface area contributed by atoms with Crippen LogP contribution in [-0.2, 0) is 22.3 Å². The lowest BCUT2D eigenvalue weighted by Gasteiger charge is -2.38. The molecule has 0 aromatic heterocycles. The van der Waals surface area contributed by atoms with Gasteiger partial charge in [-0.05, 0) is 68.5 Å². The van der Waals surface area contributed by atoms with Crippen LogP contribution in [0.4, 0.5) is 13.2 Å². The first-order valence-corrected chi connectivity index (χ1v) is 11.5. The van der Waals surface area contributed by atoms with Gasteiger partial charge in [-0.15, -0.1) is 0 Å². The molecule has 0 spiro atoms. The van der Waals surface area contributed by atoms with Gasteiger partial charge in [-0.1, -0.05) is 18.6 Å². The molecule has 8 heteroatoms. The molecule has 30 heavy (non-hydrogen) atoms. The van der Waals surface area contributed by atoms with Crippen LogP contribution in [-0.4, -0.2) is 19.7 Å². The number of hydrogen-bond donors (Lipinski definition) is 1. The van der Waals surface area contributed by atoms with E-state index in [1.165, 1.54) is 12.1 Å². The molecule has 0 radical (unpaired) electrons. The lowest BCUT2D eigenvalue weighted by atomic mass is 9.77. The summed E-state index contributed by atoms with van der Waals surface area (Å²) in [5.41, 5.74) is -1.10. The fourth-order valence-electron chi connectivity index (χ4n) is 3.66. The Kier molecular flexibility index (Phi) is 6.77. The molecular formula is C22H26F3NO3S. The topological polar surface area (TPSA) is 55.4 Å². The number of rotatable bonds is 7. The maximum absolute atomic E-state index is 16.0. The van der Waals surface area contributed by atoms with Gasteiger partial charge in [0.15, 0.2) is 5.67 Å². The first-order valence-electron chi connectivity index (χ1n) is 9.98. The Bertz CT molecular complexity index is 959. The SMILES string of the molecule is CC(C)S(=O)(=O)N[C@H]1CCCC[C@@]1(F)c1ccc(OCc2cc(F)cc(F)c2)cc1. The number of nitrogens with one attached hydrogen (secondary N) is 1. The van der Waals surface area contributed by atoms with Crippen molar-refractivity contribution in [2.75, 3.05) is 0 Å². The predicted molar refractivity (Wildman–Crippen MR) is 109 cm³/mol. The minimum Gasteiger partial charge on any atom is -0.489 e. The molecule has 2 atom stereocenters. The first-order chi connectivity index (χ1) is 14.1. The van der Waals surface area contributed by atoms with E-state index in [0.29, 0.717) is 29.7 Å². The molecule has 0 bridgehead atoms. The van der Waals surface area contributed by atoms with Crippen LogP contribution in [0.2, 0.25) is 0 Å². The Morgan fingerprint density at radius 3 is 2.33 bits per heavy atom. The third-order valence-corrected chi connectivity index (χ3v) is 7.28. The van der Waals surface area contributed by atoms with Crippen molar-refractivity contribution in [3.05, 3.63) is 65.2 Å². The molecule has 0 aliphatic heterocycles. The normalized spacial score (nSPS) is 22.3. The molecule has 1 fully saturated rings. The Morgan fingerprint density at radius 2 is 1.73 bits per heavy atom. The van der Waals surface area contributed by atoms with E-state index in [-0.39, 0.29) is 13.0 Å². The zero-order chi connectivity index (χ0) is 21.9. The summed E-state index contributed by atoms with van der Waals surface area (Å²) >= 11 is 0. The molecule has 0 amide bonds. The highest BCUT2D eigenvalue weighted by Gasteiger charge is 2.44. The van der Waals surface area contributed by atoms with Crippen LogP contribution < -0.4 is 9.46 Å². The van der Waals surface area contributed by atoms with Crippen LogP contribution in [0.3, 0.4) is 0 Å². The third-order valence-electron chi connectivity index (χ3n) is 5.42. The molecule has 0 saturated heterocycles. The maximum atomic E-state index is 16.0. The van der Waals surface area contributed by atoms with Gasteiger partial charge in [0.1, 0.15) is 24.0 Å². The number of hydrogen-bond acceptors (Lipinski definition) is 3. The van der Waals surface area contributed by atoms with Gasteiger partial charge in [-0.2, -0.15) is 0 Å². The van der Waals surface area contributed by atoms with E-state index in [1.807, 2.05) is 0 Å². The van der Waals surface area contributed by atoms with Crippen LogP contribution in [0.15, 0.2) is 42.5 Å². The second kappa shape index (κ2) is 8.98. The maximum Gasteiger partial charge on any atom is 0.214 e. The summed E-state index contributed by atoms with van der Waals surface area (Å²) in [6.07, 6.45) is 2.06. The minimum atomic E-state index is -3.61. The summed E-state index contributed by atoms with van der Waals surface area (Å²) < 4.78 is 75.2. The fraction of sp³-hybridized carbons (Fsp3) is 0.455. The predicted octanol–water partition coefficient (Wildman–Crippen LogP) is 4.98. The monoisotopic (exact) mass is 441 g/mol. The van der Waals surface area contributed by atoms with Gasteiger partial charge in [0.25, 0.3) is 0 Å². The molecule has 4 nitrogen and oxygen atoms in total. The second-order valence-corrected chi connectivity index (χ2v) is 10.2. The van der Waals surface area contributed by atoms with Gasteiger partial charge >= 0.3 is 0 Å². The molecule has 164 valence electrons. The standard InChI is InChI=1S/C22H26F3NO3S/c1-15(2)30(27,28)26-21-5-3-4-10-22(21,25)17-6-8-20(9-7-17)29-14-16-11-18(23)13-19(24)12-16/h6-9,11-13,15,21,26H,3-5,10,14H2,1-2H3/t21-,22+/m0/s1. The molecule has 2 aromatic carbocycles. The van der Waals surface area contributed by atoms with Crippen molar-refractivity contribution in [1.29, 1.82) is 0 Å². The van der Waals surface area contributed by atoms with Crippen LogP contribution in [0.1, 0.15) is 50.7 Å². The molecule has 1 aliphatic rings. The molecular weight excluding hydrogens is 415 g/mol. The molecule has 3 rings (SSSR count). The molecule has 0 heterocycles. The number of halogens is 3. The van der Waals surface area contributed by atoms with Crippen molar-refractivity contribution in [1.82, 2.24) is 4.72 Å². The van der Waals surface area contributed by atoms with E-state index in [1.54, 1.807) is 38.1 Å². The summed E-state index contributed by atoms with van der Waals surface area (Å²) in [4.78, 5) is 0. The molecule has 1 aliphatic carbocycles. The second-order valence-electron chi connectivity index (χ2n) is 7.96. The van der Waals surface area contributed by atoms with Crippen LogP contribution in [0.25, 0.3) is 0 Å². The third kappa shape index (κ3) is 5.16. The molecule has 0 unspecified atom stereocenters. The highest BCUT2D eigenvalue weighted by Crippen LogP contribution is 2.42. The molecule has 1 N–H and O–H groups in total. The lowest BCUT2D eigenvalue weighted by Crippen LogP contribution is -2.51. The summed E-state index contributed by atoms with van der Waals surface area (Å²) in [6.45, 7) is 3.08. The van der Waals surface area contributed by atoms with Crippen LogP contribution >= 0.6 is 0 Å². The Hall–Kier alpha value is -2.06. The van der Waals surface area contributed by atoms with Crippen LogP contribution in [0, 0.1) is 11.6 Å². The minimum absolute atomic E-state index is 0.0361.